The molecule has 0 bridgehead atoms. The number of fused-ring (bicyclic) bond motifs is 6. The predicted molar refractivity (Wildman–Crippen MR) is 190 cm³/mol. The van der Waals surface area contributed by atoms with Gasteiger partial charge in [-0.3, -0.25) is 4.79 Å². The second-order valence-corrected chi connectivity index (χ2v) is 13.8. The molecule has 0 atom stereocenters. The minimum absolute atomic E-state index is 0.0649. The van der Waals surface area contributed by atoms with Crippen LogP contribution in [0.2, 0.25) is 0 Å². The van der Waals surface area contributed by atoms with Crippen LogP contribution in [0.4, 0.5) is 34.1 Å². The van der Waals surface area contributed by atoms with Crippen molar-refractivity contribution in [3.63, 3.8) is 0 Å². The predicted octanol–water partition coefficient (Wildman–Crippen LogP) is 11.9. The second-order valence-electron chi connectivity index (χ2n) is 11.7. The number of ketones is 1. The number of nitrogens with zero attached hydrogens (tertiary/aromatic N) is 2. The van der Waals surface area contributed by atoms with Crippen LogP contribution in [0.15, 0.2) is 165 Å². The van der Waals surface area contributed by atoms with E-state index < -0.39 is 0 Å². The molecule has 0 radical (unpaired) electrons. The van der Waals surface area contributed by atoms with E-state index in [0.717, 1.165) is 67.2 Å². The molecule has 0 fully saturated rings. The first-order valence-corrected chi connectivity index (χ1v) is 16.9. The molecule has 0 saturated carbocycles. The van der Waals surface area contributed by atoms with E-state index in [1.807, 2.05) is 12.1 Å². The van der Waals surface area contributed by atoms with Crippen molar-refractivity contribution in [2.24, 2.45) is 0 Å². The third-order valence-corrected chi connectivity index (χ3v) is 11.4. The molecule has 7 aromatic rings. The van der Waals surface area contributed by atoms with Gasteiger partial charge in [-0.15, -0.1) is 0 Å². The van der Waals surface area contributed by atoms with Crippen molar-refractivity contribution in [3.05, 3.63) is 157 Å². The zero-order chi connectivity index (χ0) is 30.4. The Bertz CT molecular complexity index is 2340. The van der Waals surface area contributed by atoms with Crippen molar-refractivity contribution in [2.75, 3.05) is 9.80 Å². The van der Waals surface area contributed by atoms with Crippen LogP contribution in [-0.2, 0) is 0 Å². The van der Waals surface area contributed by atoms with E-state index in [9.17, 15) is 4.79 Å². The lowest BCUT2D eigenvalue weighted by Crippen LogP contribution is -2.17. The Balaban J connectivity index is 1.16. The molecule has 0 unspecified atom stereocenters. The molecule has 0 N–H and O–H groups in total. The van der Waals surface area contributed by atoms with Gasteiger partial charge in [-0.1, -0.05) is 102 Å². The molecule has 0 amide bonds. The van der Waals surface area contributed by atoms with Gasteiger partial charge in [-0.2, -0.15) is 0 Å². The van der Waals surface area contributed by atoms with Crippen molar-refractivity contribution >= 4 is 74.2 Å². The first-order valence-electron chi connectivity index (χ1n) is 15.3. The first-order chi connectivity index (χ1) is 22.7. The molecule has 3 nitrogen and oxygen atoms in total. The van der Waals surface area contributed by atoms with E-state index in [0.29, 0.717) is 0 Å². The van der Waals surface area contributed by atoms with Gasteiger partial charge in [0.15, 0.2) is 5.78 Å². The summed E-state index contributed by atoms with van der Waals surface area (Å²) in [6.07, 6.45) is 0. The SMILES string of the molecule is O=C1c2cc(N3c4ccccc4Sc4ccccc43)ccc2-c2ccc(N3c4ccccc4Sc4ccccc43)c3cccc1c23. The Kier molecular flexibility index (Phi) is 5.59. The standard InChI is InChI=1S/C41H24N2OS2/c44-41-29-11-9-10-28-31(43-34-14-3-7-18-38(34)46-39-19-8-4-15-35(39)43)23-22-27(40(28)29)26-21-20-25(24-30(26)41)42-32-12-1-5-16-36(32)45-37-17-6-2-13-33(37)42/h1-24H. The fourth-order valence-corrected chi connectivity index (χ4v) is 9.30. The molecule has 7 aromatic carbocycles. The normalized spacial score (nSPS) is 13.9. The maximum Gasteiger partial charge on any atom is 0.194 e. The van der Waals surface area contributed by atoms with E-state index in [1.54, 1.807) is 23.5 Å². The van der Waals surface area contributed by atoms with Crippen LogP contribution in [0, 0.1) is 0 Å². The Hall–Kier alpha value is -5.23. The van der Waals surface area contributed by atoms with Gasteiger partial charge in [-0.05, 0) is 77.9 Å². The highest BCUT2D eigenvalue weighted by molar-refractivity contribution is 8.00. The first kappa shape index (κ1) is 26.0. The summed E-state index contributed by atoms with van der Waals surface area (Å²) in [6.45, 7) is 0. The molecular formula is C41H24N2OS2. The summed E-state index contributed by atoms with van der Waals surface area (Å²) in [5.74, 6) is 0.0649. The fourth-order valence-electron chi connectivity index (χ4n) is 7.19. The van der Waals surface area contributed by atoms with Gasteiger partial charge in [0.05, 0.1) is 28.4 Å². The second kappa shape index (κ2) is 9.88. The molecular weight excluding hydrogens is 601 g/mol. The summed E-state index contributed by atoms with van der Waals surface area (Å²) in [7, 11) is 0. The lowest BCUT2D eigenvalue weighted by molar-refractivity contribution is 0.104. The van der Waals surface area contributed by atoms with Crippen LogP contribution in [0.5, 0.6) is 0 Å². The summed E-state index contributed by atoms with van der Waals surface area (Å²) < 4.78 is 0. The molecule has 0 spiro atoms. The highest BCUT2D eigenvalue weighted by Crippen LogP contribution is 2.55. The Morgan fingerprint density at radius 3 is 1.50 bits per heavy atom. The Morgan fingerprint density at radius 1 is 0.391 bits per heavy atom. The van der Waals surface area contributed by atoms with E-state index in [2.05, 4.69) is 143 Å². The molecule has 5 heteroatoms. The highest BCUT2D eigenvalue weighted by Gasteiger charge is 2.32. The van der Waals surface area contributed by atoms with Crippen LogP contribution in [0.3, 0.4) is 0 Å². The van der Waals surface area contributed by atoms with Gasteiger partial charge < -0.3 is 9.80 Å². The molecule has 46 heavy (non-hydrogen) atoms. The number of benzene rings is 7. The van der Waals surface area contributed by atoms with Gasteiger partial charge in [0.2, 0.25) is 0 Å². The van der Waals surface area contributed by atoms with Crippen molar-refractivity contribution in [1.82, 2.24) is 0 Å². The minimum atomic E-state index is 0.0649. The third-order valence-electron chi connectivity index (χ3n) is 9.16. The van der Waals surface area contributed by atoms with Crippen molar-refractivity contribution in [2.45, 2.75) is 19.6 Å². The van der Waals surface area contributed by atoms with Crippen LogP contribution < -0.4 is 9.80 Å². The number of carbonyl (C=O) groups excluding carboxylic acids is 1. The monoisotopic (exact) mass is 624 g/mol. The van der Waals surface area contributed by atoms with Gasteiger partial charge in [0, 0.05) is 47.2 Å². The largest absolute Gasteiger partial charge is 0.308 e. The number of hydrogen-bond acceptors (Lipinski definition) is 5. The molecule has 2 aliphatic heterocycles. The van der Waals surface area contributed by atoms with E-state index in [4.69, 9.17) is 0 Å². The van der Waals surface area contributed by atoms with Crippen molar-refractivity contribution < 1.29 is 4.79 Å². The van der Waals surface area contributed by atoms with Gasteiger partial charge >= 0.3 is 0 Å². The molecule has 0 saturated heterocycles. The summed E-state index contributed by atoms with van der Waals surface area (Å²) in [4.78, 5) is 23.9. The lowest BCUT2D eigenvalue weighted by atomic mass is 9.82. The summed E-state index contributed by atoms with van der Waals surface area (Å²) in [5, 5.41) is 2.09. The number of rotatable bonds is 2. The van der Waals surface area contributed by atoms with E-state index in [1.165, 1.54) is 19.6 Å². The fraction of sp³-hybridized carbons (Fsp3) is 0. The quantitative estimate of drug-likeness (QED) is 0.190. The maximum atomic E-state index is 14.5. The van der Waals surface area contributed by atoms with Crippen LogP contribution in [-0.4, -0.2) is 5.78 Å². The number of para-hydroxylation sites is 4. The number of hydrogen-bond donors (Lipinski definition) is 0. The Morgan fingerprint density at radius 2 is 0.913 bits per heavy atom. The smallest absolute Gasteiger partial charge is 0.194 e. The number of carbonyl (C=O) groups is 1. The average molecular weight is 625 g/mol. The van der Waals surface area contributed by atoms with Crippen LogP contribution >= 0.6 is 23.5 Å². The average Bonchev–Trinajstić information content (AvgIpc) is 3.11. The minimum Gasteiger partial charge on any atom is -0.308 e. The van der Waals surface area contributed by atoms with Crippen molar-refractivity contribution in [1.29, 1.82) is 0 Å². The molecule has 10 rings (SSSR count). The van der Waals surface area contributed by atoms with Gasteiger partial charge in [-0.25, -0.2) is 0 Å². The van der Waals surface area contributed by atoms with Crippen LogP contribution in [0.25, 0.3) is 21.9 Å². The number of anilines is 6. The van der Waals surface area contributed by atoms with E-state index in [-0.39, 0.29) is 5.78 Å². The lowest BCUT2D eigenvalue weighted by Gasteiger charge is -2.35. The molecule has 3 aliphatic rings. The summed E-state index contributed by atoms with van der Waals surface area (Å²) in [5.41, 5.74) is 10.2. The maximum absolute atomic E-state index is 14.5. The van der Waals surface area contributed by atoms with Gasteiger partial charge in [0.1, 0.15) is 0 Å². The summed E-state index contributed by atoms with van der Waals surface area (Å²) in [6, 6.07) is 51.1. The molecule has 0 aromatic heterocycles. The molecule has 2 heterocycles. The third kappa shape index (κ3) is 3.67. The molecule has 216 valence electrons. The highest BCUT2D eigenvalue weighted by atomic mass is 32.2. The van der Waals surface area contributed by atoms with E-state index >= 15 is 0 Å². The van der Waals surface area contributed by atoms with Crippen LogP contribution in [0.1, 0.15) is 15.9 Å². The zero-order valence-electron chi connectivity index (χ0n) is 24.5. The Labute approximate surface area is 275 Å². The zero-order valence-corrected chi connectivity index (χ0v) is 26.1. The van der Waals surface area contributed by atoms with Gasteiger partial charge in [0.25, 0.3) is 0 Å². The topological polar surface area (TPSA) is 23.6 Å². The summed E-state index contributed by atoms with van der Waals surface area (Å²) >= 11 is 3.59. The van der Waals surface area contributed by atoms with Crippen molar-refractivity contribution in [3.8, 4) is 11.1 Å². The molecule has 1 aliphatic carbocycles.